The molecule has 1 spiro atoms. The van der Waals surface area contributed by atoms with E-state index in [2.05, 4.69) is 21.6 Å². The van der Waals surface area contributed by atoms with E-state index in [1.807, 2.05) is 12.1 Å². The Balaban J connectivity index is 1.34. The van der Waals surface area contributed by atoms with Crippen molar-refractivity contribution in [2.75, 3.05) is 19.6 Å². The summed E-state index contributed by atoms with van der Waals surface area (Å²) in [4.78, 5) is 40.9. The Morgan fingerprint density at radius 2 is 1.97 bits per heavy atom. The number of rotatable bonds is 3. The number of imide groups is 1. The number of amides is 3. The quantitative estimate of drug-likeness (QED) is 0.750. The van der Waals surface area contributed by atoms with E-state index in [9.17, 15) is 14.4 Å². The minimum absolute atomic E-state index is 0.0905. The molecule has 3 aliphatic heterocycles. The molecule has 1 aliphatic carbocycles. The molecule has 2 N–H and O–H groups in total. The number of piperidine rings is 1. The van der Waals surface area contributed by atoms with Crippen molar-refractivity contribution in [3.05, 3.63) is 34.9 Å². The first-order valence-corrected chi connectivity index (χ1v) is 10.8. The molecule has 3 amide bonds. The van der Waals surface area contributed by atoms with E-state index < -0.39 is 6.04 Å². The van der Waals surface area contributed by atoms with Crippen LogP contribution >= 0.6 is 0 Å². The fourth-order valence-electron chi connectivity index (χ4n) is 5.58. The lowest BCUT2D eigenvalue weighted by molar-refractivity contribution is -0.136. The van der Waals surface area contributed by atoms with E-state index in [1.165, 1.54) is 25.7 Å². The fourth-order valence-corrected chi connectivity index (χ4v) is 5.58. The number of hydrogen-bond acceptors (Lipinski definition) is 5. The molecule has 4 aliphatic rings. The monoisotopic (exact) mass is 396 g/mol. The highest BCUT2D eigenvalue weighted by molar-refractivity contribution is 6.05. The largest absolute Gasteiger partial charge is 0.322 e. The fraction of sp³-hybridized carbons (Fsp3) is 0.591. The number of fused-ring (bicyclic) bond motifs is 1. The first kappa shape index (κ1) is 18.8. The minimum Gasteiger partial charge on any atom is -0.322 e. The molecule has 1 aromatic rings. The molecular formula is C22H28N4O3. The molecule has 154 valence electrons. The number of nitrogens with zero attached hydrogens (tertiary/aromatic N) is 2. The van der Waals surface area contributed by atoms with Crippen molar-refractivity contribution in [1.82, 2.24) is 20.4 Å². The van der Waals surface area contributed by atoms with Crippen molar-refractivity contribution in [2.45, 2.75) is 63.2 Å². The number of hydrogen-bond donors (Lipinski definition) is 2. The maximum Gasteiger partial charge on any atom is 0.255 e. The minimum atomic E-state index is -0.550. The zero-order valence-electron chi connectivity index (χ0n) is 16.7. The summed E-state index contributed by atoms with van der Waals surface area (Å²) in [5.41, 5.74) is 3.11. The number of nitrogens with one attached hydrogen (secondary N) is 2. The normalized spacial score (nSPS) is 26.8. The Morgan fingerprint density at radius 3 is 2.76 bits per heavy atom. The van der Waals surface area contributed by atoms with Crippen LogP contribution in [0.3, 0.4) is 0 Å². The van der Waals surface area contributed by atoms with E-state index in [-0.39, 0.29) is 29.7 Å². The second-order valence-corrected chi connectivity index (χ2v) is 8.92. The second-order valence-electron chi connectivity index (χ2n) is 8.92. The smallest absolute Gasteiger partial charge is 0.255 e. The summed E-state index contributed by atoms with van der Waals surface area (Å²) in [7, 11) is 0. The Morgan fingerprint density at radius 1 is 1.14 bits per heavy atom. The standard InChI is InChI=1S/C22H28N4O3/c27-19-6-5-18(20(28)24-19)26-13-16-4-3-15(11-17(16)21(26)29)12-25-10-9-23-14-22(25)7-1-2-8-22/h3-4,11,18,23H,1-2,5-10,12-14H2,(H,24,27,28). The average Bonchev–Trinajstić information content (AvgIpc) is 3.30. The highest BCUT2D eigenvalue weighted by Gasteiger charge is 2.42. The van der Waals surface area contributed by atoms with Crippen molar-refractivity contribution in [3.63, 3.8) is 0 Å². The van der Waals surface area contributed by atoms with Gasteiger partial charge in [0.1, 0.15) is 6.04 Å². The zero-order valence-corrected chi connectivity index (χ0v) is 16.7. The highest BCUT2D eigenvalue weighted by Crippen LogP contribution is 2.37. The Bertz CT molecular complexity index is 862. The first-order valence-electron chi connectivity index (χ1n) is 10.8. The lowest BCUT2D eigenvalue weighted by Gasteiger charge is -2.45. The molecule has 1 unspecified atom stereocenters. The molecule has 3 heterocycles. The zero-order chi connectivity index (χ0) is 20.0. The van der Waals surface area contributed by atoms with Crippen molar-refractivity contribution in [1.29, 1.82) is 0 Å². The molecule has 2 saturated heterocycles. The summed E-state index contributed by atoms with van der Waals surface area (Å²) in [5.74, 6) is -0.701. The molecule has 7 heteroatoms. The van der Waals surface area contributed by atoms with E-state index in [1.54, 1.807) is 4.90 Å². The summed E-state index contributed by atoms with van der Waals surface area (Å²) in [5, 5.41) is 5.93. The average molecular weight is 396 g/mol. The van der Waals surface area contributed by atoms with Crippen LogP contribution < -0.4 is 10.6 Å². The van der Waals surface area contributed by atoms with Crippen LogP contribution in [0.4, 0.5) is 0 Å². The van der Waals surface area contributed by atoms with Crippen LogP contribution in [0.25, 0.3) is 0 Å². The molecule has 0 radical (unpaired) electrons. The molecule has 1 aromatic carbocycles. The van der Waals surface area contributed by atoms with Gasteiger partial charge in [0.05, 0.1) is 0 Å². The molecule has 0 aromatic heterocycles. The third kappa shape index (κ3) is 3.26. The van der Waals surface area contributed by atoms with Crippen molar-refractivity contribution in [3.8, 4) is 0 Å². The van der Waals surface area contributed by atoms with Crippen LogP contribution in [-0.4, -0.2) is 58.7 Å². The lowest BCUT2D eigenvalue weighted by Crippen LogP contribution is -2.59. The van der Waals surface area contributed by atoms with Crippen LogP contribution in [0.15, 0.2) is 18.2 Å². The number of piperazine rings is 1. The SMILES string of the molecule is O=C1CCC(N2Cc3ccc(CN4CCNCC45CCCC5)cc3C2=O)C(=O)N1. The van der Waals surface area contributed by atoms with Crippen LogP contribution in [0, 0.1) is 0 Å². The van der Waals surface area contributed by atoms with Crippen molar-refractivity contribution >= 4 is 17.7 Å². The highest BCUT2D eigenvalue weighted by atomic mass is 16.2. The van der Waals surface area contributed by atoms with Gasteiger partial charge in [0.25, 0.3) is 5.91 Å². The molecular weight excluding hydrogens is 368 g/mol. The Kier molecular flexibility index (Phi) is 4.67. The summed E-state index contributed by atoms with van der Waals surface area (Å²) < 4.78 is 0. The Labute approximate surface area is 170 Å². The summed E-state index contributed by atoms with van der Waals surface area (Å²) in [6.07, 6.45) is 5.76. The van der Waals surface area contributed by atoms with Gasteiger partial charge in [-0.2, -0.15) is 0 Å². The molecule has 1 saturated carbocycles. The molecule has 5 rings (SSSR count). The van der Waals surface area contributed by atoms with Gasteiger partial charge in [0, 0.05) is 50.2 Å². The van der Waals surface area contributed by atoms with Crippen LogP contribution in [0.1, 0.15) is 60.0 Å². The summed E-state index contributed by atoms with van der Waals surface area (Å²) in [6.45, 7) is 4.40. The van der Waals surface area contributed by atoms with Gasteiger partial charge in [-0.3, -0.25) is 24.6 Å². The van der Waals surface area contributed by atoms with Gasteiger partial charge in [0.2, 0.25) is 11.8 Å². The predicted octanol–water partition coefficient (Wildman–Crippen LogP) is 1.17. The summed E-state index contributed by atoms with van der Waals surface area (Å²) >= 11 is 0. The van der Waals surface area contributed by atoms with Crippen molar-refractivity contribution in [2.24, 2.45) is 0 Å². The molecule has 3 fully saturated rings. The molecule has 1 atom stereocenters. The third-order valence-corrected chi connectivity index (χ3v) is 7.18. The van der Waals surface area contributed by atoms with Gasteiger partial charge in [0.15, 0.2) is 0 Å². The molecule has 7 nitrogen and oxygen atoms in total. The first-order chi connectivity index (χ1) is 14.1. The van der Waals surface area contributed by atoms with Gasteiger partial charge in [-0.05, 0) is 36.5 Å². The predicted molar refractivity (Wildman–Crippen MR) is 107 cm³/mol. The summed E-state index contributed by atoms with van der Waals surface area (Å²) in [6, 6.07) is 5.64. The van der Waals surface area contributed by atoms with E-state index in [0.29, 0.717) is 18.5 Å². The number of carbonyl (C=O) groups is 3. The van der Waals surface area contributed by atoms with Crippen LogP contribution in [-0.2, 0) is 22.7 Å². The Hall–Kier alpha value is -2.25. The number of carbonyl (C=O) groups excluding carboxylic acids is 3. The van der Waals surface area contributed by atoms with Gasteiger partial charge >= 0.3 is 0 Å². The van der Waals surface area contributed by atoms with Gasteiger partial charge in [-0.1, -0.05) is 25.0 Å². The van der Waals surface area contributed by atoms with E-state index >= 15 is 0 Å². The molecule has 0 bridgehead atoms. The maximum absolute atomic E-state index is 13.1. The second kappa shape index (κ2) is 7.22. The lowest BCUT2D eigenvalue weighted by atomic mass is 9.92. The van der Waals surface area contributed by atoms with Gasteiger partial charge < -0.3 is 10.2 Å². The van der Waals surface area contributed by atoms with Crippen molar-refractivity contribution < 1.29 is 14.4 Å². The van der Waals surface area contributed by atoms with Crippen LogP contribution in [0.2, 0.25) is 0 Å². The number of benzene rings is 1. The van der Waals surface area contributed by atoms with E-state index in [0.717, 1.165) is 37.3 Å². The molecule has 29 heavy (non-hydrogen) atoms. The topological polar surface area (TPSA) is 81.8 Å². The maximum atomic E-state index is 13.1. The van der Waals surface area contributed by atoms with Crippen LogP contribution in [0.5, 0.6) is 0 Å². The third-order valence-electron chi connectivity index (χ3n) is 7.18. The van der Waals surface area contributed by atoms with Gasteiger partial charge in [-0.15, -0.1) is 0 Å². The van der Waals surface area contributed by atoms with E-state index in [4.69, 9.17) is 0 Å². The van der Waals surface area contributed by atoms with Gasteiger partial charge in [-0.25, -0.2) is 0 Å².